The van der Waals surface area contributed by atoms with Crippen molar-refractivity contribution in [3.8, 4) is 11.5 Å². The first kappa shape index (κ1) is 30.4. The third kappa shape index (κ3) is 7.60. The Kier molecular flexibility index (Phi) is 9.94. The van der Waals surface area contributed by atoms with Gasteiger partial charge in [0.1, 0.15) is 17.1 Å². The lowest BCUT2D eigenvalue weighted by Crippen LogP contribution is -2.46. The molecule has 2 amide bonds. The molecule has 0 saturated heterocycles. The Labute approximate surface area is 244 Å². The summed E-state index contributed by atoms with van der Waals surface area (Å²) in [5, 5.41) is 3.25. The maximum atomic E-state index is 13.6. The highest BCUT2D eigenvalue weighted by atomic mass is 16.5. The minimum Gasteiger partial charge on any atom is -0.494 e. The zero-order chi connectivity index (χ0) is 29.6. The highest BCUT2D eigenvalue weighted by Crippen LogP contribution is 2.40. The highest BCUT2D eigenvalue weighted by molar-refractivity contribution is 5.98. The molecule has 222 valence electrons. The van der Waals surface area contributed by atoms with Crippen LogP contribution >= 0.6 is 0 Å². The summed E-state index contributed by atoms with van der Waals surface area (Å²) in [5.41, 5.74) is 9.22. The summed E-state index contributed by atoms with van der Waals surface area (Å²) in [6.07, 6.45) is 7.62. The van der Waals surface area contributed by atoms with Gasteiger partial charge in [0.2, 0.25) is 5.91 Å². The first-order valence-electron chi connectivity index (χ1n) is 15.2. The first-order valence-corrected chi connectivity index (χ1v) is 15.2. The fourth-order valence-electron chi connectivity index (χ4n) is 5.64. The van der Waals surface area contributed by atoms with Crippen LogP contribution in [0.4, 0.5) is 0 Å². The van der Waals surface area contributed by atoms with Crippen LogP contribution in [0.3, 0.4) is 0 Å². The topological polar surface area (TPSA) is 106 Å². The predicted molar refractivity (Wildman–Crippen MR) is 162 cm³/mol. The number of unbranched alkanes of at least 4 members (excludes halogenated alkanes) is 3. The van der Waals surface area contributed by atoms with Crippen molar-refractivity contribution in [1.82, 2.24) is 10.2 Å². The van der Waals surface area contributed by atoms with Crippen molar-refractivity contribution >= 4 is 17.8 Å². The average Bonchev–Trinajstić information content (AvgIpc) is 2.93. The normalized spacial score (nSPS) is 19.7. The van der Waals surface area contributed by atoms with E-state index >= 15 is 0 Å². The molecule has 0 fully saturated rings. The van der Waals surface area contributed by atoms with E-state index in [1.807, 2.05) is 13.8 Å². The quantitative estimate of drug-likeness (QED) is 0.306. The minimum atomic E-state index is -0.419. The number of guanidine groups is 1. The average molecular weight is 563 g/mol. The third-order valence-electron chi connectivity index (χ3n) is 7.88. The van der Waals surface area contributed by atoms with Gasteiger partial charge in [0.15, 0.2) is 5.96 Å². The molecule has 4 rings (SSSR count). The fourth-order valence-corrected chi connectivity index (χ4v) is 5.64. The number of hydrogen-bond donors (Lipinski definition) is 2. The molecule has 0 saturated carbocycles. The first-order chi connectivity index (χ1) is 19.6. The number of rotatable bonds is 12. The lowest BCUT2D eigenvalue weighted by molar-refractivity contribution is -0.128. The van der Waals surface area contributed by atoms with E-state index in [2.05, 4.69) is 49.3 Å². The van der Waals surface area contributed by atoms with Crippen LogP contribution in [0.1, 0.15) is 113 Å². The number of aliphatic imine (C=N–C) groups is 1. The monoisotopic (exact) mass is 562 g/mol. The van der Waals surface area contributed by atoms with Crippen molar-refractivity contribution in [3.63, 3.8) is 0 Å². The van der Waals surface area contributed by atoms with Crippen LogP contribution in [0.5, 0.6) is 11.5 Å². The van der Waals surface area contributed by atoms with Crippen molar-refractivity contribution in [3.05, 3.63) is 58.7 Å². The smallest absolute Gasteiger partial charge is 0.251 e. The van der Waals surface area contributed by atoms with Crippen LogP contribution in [0.15, 0.2) is 41.4 Å². The van der Waals surface area contributed by atoms with Gasteiger partial charge in [-0.2, -0.15) is 0 Å². The number of nitrogens with two attached hydrogens (primary N) is 1. The van der Waals surface area contributed by atoms with Crippen molar-refractivity contribution in [2.75, 3.05) is 6.61 Å². The molecule has 2 aliphatic heterocycles. The Morgan fingerprint density at radius 2 is 1.95 bits per heavy atom. The van der Waals surface area contributed by atoms with Crippen molar-refractivity contribution < 1.29 is 19.1 Å². The van der Waals surface area contributed by atoms with E-state index in [1.54, 1.807) is 18.2 Å². The molecule has 2 aliphatic rings. The van der Waals surface area contributed by atoms with E-state index in [4.69, 9.17) is 15.2 Å². The van der Waals surface area contributed by atoms with Gasteiger partial charge >= 0.3 is 0 Å². The molecule has 2 aromatic rings. The Bertz CT molecular complexity index is 1270. The Morgan fingerprint density at radius 3 is 2.66 bits per heavy atom. The van der Waals surface area contributed by atoms with Crippen LogP contribution in [0, 0.1) is 0 Å². The minimum absolute atomic E-state index is 0.0765. The zero-order valence-electron chi connectivity index (χ0n) is 25.3. The number of aryl methyl sites for hydroxylation is 1. The molecule has 0 radical (unpaired) electrons. The van der Waals surface area contributed by atoms with Gasteiger partial charge < -0.3 is 20.5 Å². The molecule has 0 spiro atoms. The van der Waals surface area contributed by atoms with E-state index in [1.165, 1.54) is 29.7 Å². The maximum absolute atomic E-state index is 13.6. The van der Waals surface area contributed by atoms with E-state index in [0.29, 0.717) is 36.3 Å². The van der Waals surface area contributed by atoms with Gasteiger partial charge in [0.25, 0.3) is 5.91 Å². The van der Waals surface area contributed by atoms with Crippen LogP contribution in [-0.2, 0) is 17.8 Å². The standard InChI is InChI=1S/C33H46N4O4/c1-6-9-10-11-12-22-13-15-26-27(20-33(4,5)41-29(26)17-22)36-31(39)23-14-16-28(40-8-3)24(18-23)21-37-30(38)19-25(7-2)35-32(37)34/h13-18,25,27H,6-12,19-21H2,1-5H3,(H2,34,35)(H,36,39). The SMILES string of the molecule is CCCCCCc1ccc2c(c1)OC(C)(C)CC2NC(=O)c1ccc(OCC)c(CN2C(=O)CC(CC)N=C2N)c1. The predicted octanol–water partition coefficient (Wildman–Crippen LogP) is 6.07. The van der Waals surface area contributed by atoms with Crippen LogP contribution < -0.4 is 20.5 Å². The number of ether oxygens (including phenoxy) is 2. The summed E-state index contributed by atoms with van der Waals surface area (Å²) in [4.78, 5) is 32.4. The molecule has 2 aromatic carbocycles. The molecule has 0 bridgehead atoms. The second kappa shape index (κ2) is 13.4. The van der Waals surface area contributed by atoms with Crippen LogP contribution in [-0.4, -0.2) is 40.9 Å². The van der Waals surface area contributed by atoms with E-state index < -0.39 is 5.60 Å². The molecule has 2 unspecified atom stereocenters. The maximum Gasteiger partial charge on any atom is 0.251 e. The van der Waals surface area contributed by atoms with E-state index in [-0.39, 0.29) is 36.4 Å². The molecule has 8 nitrogen and oxygen atoms in total. The summed E-state index contributed by atoms with van der Waals surface area (Å²) in [7, 11) is 0. The van der Waals surface area contributed by atoms with Gasteiger partial charge in [-0.05, 0) is 69.9 Å². The summed E-state index contributed by atoms with van der Waals surface area (Å²) in [5.74, 6) is 1.40. The third-order valence-corrected chi connectivity index (χ3v) is 7.88. The number of benzene rings is 2. The molecule has 0 aliphatic carbocycles. The van der Waals surface area contributed by atoms with Crippen LogP contribution in [0.2, 0.25) is 0 Å². The molecule has 41 heavy (non-hydrogen) atoms. The number of carbonyl (C=O) groups is 2. The lowest BCUT2D eigenvalue weighted by Gasteiger charge is -2.38. The summed E-state index contributed by atoms with van der Waals surface area (Å²) in [6.45, 7) is 10.9. The van der Waals surface area contributed by atoms with Gasteiger partial charge in [-0.25, -0.2) is 4.99 Å². The Balaban J connectivity index is 1.54. The van der Waals surface area contributed by atoms with E-state index in [0.717, 1.165) is 30.6 Å². The Morgan fingerprint density at radius 1 is 1.15 bits per heavy atom. The van der Waals surface area contributed by atoms with Crippen molar-refractivity contribution in [2.24, 2.45) is 10.7 Å². The Hall–Kier alpha value is -3.55. The summed E-state index contributed by atoms with van der Waals surface area (Å²) >= 11 is 0. The van der Waals surface area contributed by atoms with Gasteiger partial charge in [-0.3, -0.25) is 14.5 Å². The second-order valence-corrected chi connectivity index (χ2v) is 11.8. The van der Waals surface area contributed by atoms with Gasteiger partial charge in [0, 0.05) is 29.5 Å². The number of nitrogens with one attached hydrogen (secondary N) is 1. The zero-order valence-corrected chi connectivity index (χ0v) is 25.3. The fraction of sp³-hybridized carbons (Fsp3) is 0.545. The number of fused-ring (bicyclic) bond motifs is 1. The van der Waals surface area contributed by atoms with Crippen molar-refractivity contribution in [2.45, 2.75) is 110 Å². The lowest BCUT2D eigenvalue weighted by atomic mass is 9.88. The van der Waals surface area contributed by atoms with E-state index in [9.17, 15) is 9.59 Å². The number of hydrogen-bond acceptors (Lipinski definition) is 6. The molecular formula is C33H46N4O4. The molecule has 0 aromatic heterocycles. The highest BCUT2D eigenvalue weighted by Gasteiger charge is 2.35. The summed E-state index contributed by atoms with van der Waals surface area (Å²) in [6, 6.07) is 11.5. The second-order valence-electron chi connectivity index (χ2n) is 11.8. The molecule has 2 heterocycles. The van der Waals surface area contributed by atoms with Crippen molar-refractivity contribution in [1.29, 1.82) is 0 Å². The van der Waals surface area contributed by atoms with Gasteiger partial charge in [0.05, 0.1) is 25.2 Å². The molecule has 8 heteroatoms. The molecular weight excluding hydrogens is 516 g/mol. The largest absolute Gasteiger partial charge is 0.494 e. The van der Waals surface area contributed by atoms with Crippen LogP contribution in [0.25, 0.3) is 0 Å². The molecule has 2 atom stereocenters. The summed E-state index contributed by atoms with van der Waals surface area (Å²) < 4.78 is 12.2. The number of amides is 2. The van der Waals surface area contributed by atoms with Gasteiger partial charge in [-0.15, -0.1) is 0 Å². The van der Waals surface area contributed by atoms with Gasteiger partial charge in [-0.1, -0.05) is 45.2 Å². The number of carbonyl (C=O) groups excluding carboxylic acids is 2. The molecule has 3 N–H and O–H groups in total. The number of nitrogens with zero attached hydrogens (tertiary/aromatic N) is 2.